The number of ether oxygens (including phenoxy) is 1. The lowest BCUT2D eigenvalue weighted by molar-refractivity contribution is -0.138. The molecule has 0 N–H and O–H groups in total. The second kappa shape index (κ2) is 3.34. The van der Waals surface area contributed by atoms with E-state index in [0.29, 0.717) is 5.92 Å². The predicted octanol–water partition coefficient (Wildman–Crippen LogP) is 2.91. The summed E-state index contributed by atoms with van der Waals surface area (Å²) in [6, 6.07) is 0. The molecule has 0 aromatic rings. The van der Waals surface area contributed by atoms with Gasteiger partial charge in [-0.05, 0) is 32.3 Å². The van der Waals surface area contributed by atoms with Crippen LogP contribution in [0.2, 0.25) is 0 Å². The quantitative estimate of drug-likeness (QED) is 0.459. The molecule has 0 saturated carbocycles. The Kier molecular flexibility index (Phi) is 2.06. The van der Waals surface area contributed by atoms with Crippen LogP contribution in [0.5, 0.6) is 0 Å². The standard InChI is InChI=1S/C14H16O2/c1-8-3-4-11-9(2)5-13-10(6-12(8)11)7-14(15)16-13/h3,7,12-13H,4-6H2,1-2H3. The second-order valence-electron chi connectivity index (χ2n) is 5.06. The average molecular weight is 216 g/mol. The van der Waals surface area contributed by atoms with Crippen LogP contribution in [0.15, 0.2) is 34.4 Å². The van der Waals surface area contributed by atoms with Gasteiger partial charge in [-0.15, -0.1) is 0 Å². The molecule has 0 bridgehead atoms. The summed E-state index contributed by atoms with van der Waals surface area (Å²) in [4.78, 5) is 11.3. The molecule has 0 amide bonds. The van der Waals surface area contributed by atoms with E-state index >= 15 is 0 Å². The molecule has 3 aliphatic rings. The van der Waals surface area contributed by atoms with Gasteiger partial charge in [0.1, 0.15) is 6.10 Å². The third-order valence-electron chi connectivity index (χ3n) is 4.07. The van der Waals surface area contributed by atoms with E-state index in [-0.39, 0.29) is 12.1 Å². The van der Waals surface area contributed by atoms with Gasteiger partial charge in [-0.1, -0.05) is 22.8 Å². The van der Waals surface area contributed by atoms with Crippen LogP contribution in [0.4, 0.5) is 0 Å². The summed E-state index contributed by atoms with van der Waals surface area (Å²) in [5, 5.41) is 0. The molecule has 2 nitrogen and oxygen atoms in total. The molecule has 0 aromatic heterocycles. The summed E-state index contributed by atoms with van der Waals surface area (Å²) < 4.78 is 5.33. The Morgan fingerprint density at radius 3 is 2.94 bits per heavy atom. The molecule has 1 heterocycles. The highest BCUT2D eigenvalue weighted by molar-refractivity contribution is 5.86. The zero-order chi connectivity index (χ0) is 11.3. The van der Waals surface area contributed by atoms with Crippen molar-refractivity contribution in [1.29, 1.82) is 0 Å². The summed E-state index contributed by atoms with van der Waals surface area (Å²) in [6.45, 7) is 4.38. The Labute approximate surface area is 95.7 Å². The van der Waals surface area contributed by atoms with E-state index in [1.54, 1.807) is 11.6 Å². The van der Waals surface area contributed by atoms with Crippen LogP contribution in [0, 0.1) is 5.92 Å². The van der Waals surface area contributed by atoms with Gasteiger partial charge in [0.15, 0.2) is 0 Å². The smallest absolute Gasteiger partial charge is 0.331 e. The van der Waals surface area contributed by atoms with Crippen LogP contribution in [-0.2, 0) is 9.53 Å². The molecule has 0 saturated heterocycles. The number of esters is 1. The summed E-state index contributed by atoms with van der Waals surface area (Å²) >= 11 is 0. The predicted molar refractivity (Wildman–Crippen MR) is 61.8 cm³/mol. The normalized spacial score (nSPS) is 32.8. The summed E-state index contributed by atoms with van der Waals surface area (Å²) in [7, 11) is 0. The number of fused-ring (bicyclic) bond motifs is 2. The van der Waals surface area contributed by atoms with E-state index in [1.165, 1.54) is 16.7 Å². The molecule has 2 unspecified atom stereocenters. The number of hydrogen-bond donors (Lipinski definition) is 0. The Morgan fingerprint density at radius 2 is 2.12 bits per heavy atom. The number of carbonyl (C=O) groups excluding carboxylic acids is 1. The summed E-state index contributed by atoms with van der Waals surface area (Å²) in [6.07, 6.45) is 7.01. The van der Waals surface area contributed by atoms with Crippen molar-refractivity contribution in [3.8, 4) is 0 Å². The zero-order valence-corrected chi connectivity index (χ0v) is 9.75. The molecular formula is C14H16O2. The van der Waals surface area contributed by atoms with Crippen molar-refractivity contribution in [3.63, 3.8) is 0 Å². The monoisotopic (exact) mass is 216 g/mol. The van der Waals surface area contributed by atoms with E-state index in [2.05, 4.69) is 19.9 Å². The Hall–Kier alpha value is -1.31. The largest absolute Gasteiger partial charge is 0.454 e. The molecule has 3 rings (SSSR count). The van der Waals surface area contributed by atoms with E-state index in [4.69, 9.17) is 4.74 Å². The Bertz CT molecular complexity index is 451. The molecule has 0 spiro atoms. The molecule has 1 aliphatic heterocycles. The third kappa shape index (κ3) is 1.36. The maximum atomic E-state index is 11.3. The van der Waals surface area contributed by atoms with Crippen molar-refractivity contribution in [2.45, 2.75) is 39.2 Å². The van der Waals surface area contributed by atoms with Crippen LogP contribution in [0.25, 0.3) is 0 Å². The number of allylic oxidation sites excluding steroid dienone is 3. The van der Waals surface area contributed by atoms with Gasteiger partial charge in [0.2, 0.25) is 0 Å². The van der Waals surface area contributed by atoms with E-state index in [9.17, 15) is 4.79 Å². The fourth-order valence-electron chi connectivity index (χ4n) is 3.09. The first-order valence-corrected chi connectivity index (χ1v) is 5.91. The Balaban J connectivity index is 1.99. The van der Waals surface area contributed by atoms with Gasteiger partial charge < -0.3 is 4.74 Å². The first-order chi connectivity index (χ1) is 7.65. The lowest BCUT2D eigenvalue weighted by Gasteiger charge is -2.14. The van der Waals surface area contributed by atoms with Gasteiger partial charge in [0.25, 0.3) is 0 Å². The summed E-state index contributed by atoms with van der Waals surface area (Å²) in [5.41, 5.74) is 5.62. The SMILES string of the molecule is CC1=CCC2=C(C)CC3OC(=O)C=C3CC12. The topological polar surface area (TPSA) is 26.3 Å². The first kappa shape index (κ1) is 9.88. The highest BCUT2D eigenvalue weighted by Crippen LogP contribution is 2.43. The number of carbonyl (C=O) groups is 1. The highest BCUT2D eigenvalue weighted by atomic mass is 16.5. The number of hydrogen-bond acceptors (Lipinski definition) is 2. The molecule has 0 radical (unpaired) electrons. The minimum atomic E-state index is -0.157. The lowest BCUT2D eigenvalue weighted by atomic mass is 9.90. The molecule has 84 valence electrons. The molecule has 2 aliphatic carbocycles. The van der Waals surface area contributed by atoms with Crippen molar-refractivity contribution in [2.24, 2.45) is 5.92 Å². The van der Waals surface area contributed by atoms with E-state index in [1.807, 2.05) is 0 Å². The molecule has 0 aromatic carbocycles. The van der Waals surface area contributed by atoms with Gasteiger partial charge >= 0.3 is 5.97 Å². The molecule has 2 heteroatoms. The average Bonchev–Trinajstić information content (AvgIpc) is 2.70. The van der Waals surface area contributed by atoms with Crippen molar-refractivity contribution in [1.82, 2.24) is 0 Å². The first-order valence-electron chi connectivity index (χ1n) is 5.91. The minimum Gasteiger partial charge on any atom is -0.454 e. The summed E-state index contributed by atoms with van der Waals surface area (Å²) in [5.74, 6) is 0.377. The van der Waals surface area contributed by atoms with Crippen molar-refractivity contribution in [2.75, 3.05) is 0 Å². The molecule has 16 heavy (non-hydrogen) atoms. The van der Waals surface area contributed by atoms with Crippen LogP contribution >= 0.6 is 0 Å². The maximum Gasteiger partial charge on any atom is 0.331 e. The van der Waals surface area contributed by atoms with Gasteiger partial charge in [0, 0.05) is 18.4 Å². The van der Waals surface area contributed by atoms with Crippen LogP contribution in [0.1, 0.15) is 33.1 Å². The second-order valence-corrected chi connectivity index (χ2v) is 5.06. The maximum absolute atomic E-state index is 11.3. The van der Waals surface area contributed by atoms with Gasteiger partial charge in [0.05, 0.1) is 0 Å². The fourth-order valence-corrected chi connectivity index (χ4v) is 3.09. The minimum absolute atomic E-state index is 0.0263. The van der Waals surface area contributed by atoms with Gasteiger partial charge in [-0.3, -0.25) is 0 Å². The van der Waals surface area contributed by atoms with Crippen LogP contribution < -0.4 is 0 Å². The van der Waals surface area contributed by atoms with Gasteiger partial charge in [-0.2, -0.15) is 0 Å². The van der Waals surface area contributed by atoms with Crippen molar-refractivity contribution >= 4 is 5.97 Å². The van der Waals surface area contributed by atoms with Crippen molar-refractivity contribution in [3.05, 3.63) is 34.4 Å². The van der Waals surface area contributed by atoms with Crippen molar-refractivity contribution < 1.29 is 9.53 Å². The third-order valence-corrected chi connectivity index (χ3v) is 4.07. The highest BCUT2D eigenvalue weighted by Gasteiger charge is 2.35. The van der Waals surface area contributed by atoms with E-state index in [0.717, 1.165) is 19.3 Å². The number of rotatable bonds is 0. The lowest BCUT2D eigenvalue weighted by Crippen LogP contribution is -2.11. The van der Waals surface area contributed by atoms with Gasteiger partial charge in [-0.25, -0.2) is 4.79 Å². The zero-order valence-electron chi connectivity index (χ0n) is 9.75. The molecular weight excluding hydrogens is 200 g/mol. The molecule has 0 fully saturated rings. The molecule has 2 atom stereocenters. The fraction of sp³-hybridized carbons (Fsp3) is 0.500. The van der Waals surface area contributed by atoms with Crippen LogP contribution in [0.3, 0.4) is 0 Å². The Morgan fingerprint density at radius 1 is 1.31 bits per heavy atom. The van der Waals surface area contributed by atoms with Crippen LogP contribution in [-0.4, -0.2) is 12.1 Å². The van der Waals surface area contributed by atoms with E-state index < -0.39 is 0 Å².